The number of benzene rings is 5. The summed E-state index contributed by atoms with van der Waals surface area (Å²) < 4.78 is 3.74. The van der Waals surface area contributed by atoms with Crippen LogP contribution in [0.25, 0.3) is 0 Å². The van der Waals surface area contributed by atoms with Gasteiger partial charge in [-0.25, -0.2) is 0 Å². The molecule has 4 fully saturated rings. The van der Waals surface area contributed by atoms with Crippen molar-refractivity contribution in [2.75, 3.05) is 13.6 Å². The van der Waals surface area contributed by atoms with Crippen molar-refractivity contribution in [3.63, 3.8) is 0 Å². The van der Waals surface area contributed by atoms with Crippen molar-refractivity contribution in [3.8, 4) is 0 Å². The van der Waals surface area contributed by atoms with Crippen LogP contribution in [0, 0.1) is 17.8 Å². The number of ketones is 1. The molecular weight excluding hydrogens is 1230 g/mol. The zero-order valence-corrected chi connectivity index (χ0v) is 57.7. The lowest BCUT2D eigenvalue weighted by molar-refractivity contribution is -0.143. The highest BCUT2D eigenvalue weighted by Gasteiger charge is 2.50. The highest BCUT2D eigenvalue weighted by molar-refractivity contribution is 5.95. The molecule has 6 heterocycles. The van der Waals surface area contributed by atoms with Crippen LogP contribution in [0.1, 0.15) is 180 Å². The summed E-state index contributed by atoms with van der Waals surface area (Å²) in [6, 6.07) is 45.3. The molecule has 0 bridgehead atoms. The Hall–Kier alpha value is -8.68. The molecule has 4 aliphatic rings. The van der Waals surface area contributed by atoms with Crippen LogP contribution in [0.2, 0.25) is 0 Å². The van der Waals surface area contributed by atoms with E-state index in [1.807, 2.05) is 125 Å². The number of carbonyl (C=O) groups excluding carboxylic acids is 6. The maximum Gasteiger partial charge on any atom is 0.246 e. The zero-order chi connectivity index (χ0) is 68.3. The third kappa shape index (κ3) is 18.2. The first-order valence-electron chi connectivity index (χ1n) is 36.3. The lowest BCUT2D eigenvalue weighted by Gasteiger charge is -2.33. The monoisotopic (exact) mass is 1330 g/mol. The van der Waals surface area contributed by atoms with Crippen LogP contribution < -0.4 is 26.6 Å². The van der Waals surface area contributed by atoms with Crippen molar-refractivity contribution < 1.29 is 28.8 Å². The number of Topliss-reactive ketones (excluding diaryl/α,β-unsaturated/α-hetero) is 1. The molecule has 0 saturated carbocycles. The molecule has 12 atom stereocenters. The number of aryl methyl sites for hydroxylation is 5. The van der Waals surface area contributed by atoms with Gasteiger partial charge in [-0.2, -0.15) is 0 Å². The van der Waals surface area contributed by atoms with Gasteiger partial charge in [0.15, 0.2) is 5.78 Å². The second-order valence-electron chi connectivity index (χ2n) is 28.0. The Labute approximate surface area is 578 Å². The summed E-state index contributed by atoms with van der Waals surface area (Å²) in [5.74, 6) is -1.63. The lowest BCUT2D eigenvalue weighted by Crippen LogP contribution is -2.59. The van der Waals surface area contributed by atoms with Crippen molar-refractivity contribution in [1.29, 1.82) is 0 Å². The van der Waals surface area contributed by atoms with Gasteiger partial charge < -0.3 is 36.4 Å². The molecule has 5 aromatic carbocycles. The standard InChI is InChI=1S/C79H101N13O6/c1-5-54(2)75(94)83-73-62(34-22-29-56-23-10-6-11-24-56)39-41-64-43-45-69(91(64)78(73)97)71(93)49-66(60-30-14-8-15-31-60)67-52-89(87-85-67)47-20-18-25-57-35-37-58(38-36-57)26-19-21-48-90-53-68(86-88-90)72(61-32-16-9-17-33-61)82-77(96)70-46-44-65-42-40-63(51-81-50-59-27-12-7-13-28-59)74(79(98)92(65)70)84-76(95)55(3)80-4/h6-17,23-24,27-28,30-33,35-38,52-55,62-66,69-70,72-74,80-81H,5,18-22,25-26,29,34,39-51H2,1-4H3,(H,82,96)(H,83,94)(H,84,95)/t54-,55+,62+,63-,64+,65+,66+,69+,70+,72+,73+,74+/m1/s1. The van der Waals surface area contributed by atoms with Crippen LogP contribution in [-0.4, -0.2) is 131 Å². The van der Waals surface area contributed by atoms with Crippen LogP contribution in [0.5, 0.6) is 0 Å². The van der Waals surface area contributed by atoms with Crippen LogP contribution in [-0.2, 0) is 67.7 Å². The van der Waals surface area contributed by atoms with E-state index in [0.29, 0.717) is 57.6 Å². The number of hydrogen-bond acceptors (Lipinski definition) is 12. The fourth-order valence-corrected chi connectivity index (χ4v) is 15.3. The minimum atomic E-state index is -0.791. The highest BCUT2D eigenvalue weighted by atomic mass is 16.2. The van der Waals surface area contributed by atoms with Gasteiger partial charge in [0.25, 0.3) is 0 Å². The quantitative estimate of drug-likeness (QED) is 0.0242. The van der Waals surface area contributed by atoms with E-state index in [-0.39, 0.29) is 77.5 Å². The van der Waals surface area contributed by atoms with Gasteiger partial charge in [0, 0.05) is 68.6 Å². The molecule has 11 rings (SSSR count). The van der Waals surface area contributed by atoms with Gasteiger partial charge in [-0.15, -0.1) is 10.2 Å². The van der Waals surface area contributed by atoms with Crippen molar-refractivity contribution >= 4 is 35.3 Å². The zero-order valence-electron chi connectivity index (χ0n) is 57.7. The first-order valence-corrected chi connectivity index (χ1v) is 36.3. The van der Waals surface area contributed by atoms with Crippen LogP contribution in [0.3, 0.4) is 0 Å². The fourth-order valence-electron chi connectivity index (χ4n) is 15.3. The average Bonchev–Trinajstić information content (AvgIpc) is 1.63. The number of nitrogens with one attached hydrogen (secondary N) is 5. The van der Waals surface area contributed by atoms with Gasteiger partial charge in [-0.05, 0) is 169 Å². The smallest absolute Gasteiger partial charge is 0.246 e. The maximum atomic E-state index is 14.9. The molecule has 2 aromatic heterocycles. The average molecular weight is 1330 g/mol. The van der Waals surface area contributed by atoms with E-state index >= 15 is 0 Å². The van der Waals surface area contributed by atoms with Crippen molar-refractivity contribution in [2.24, 2.45) is 17.8 Å². The van der Waals surface area contributed by atoms with Gasteiger partial charge >= 0.3 is 0 Å². The van der Waals surface area contributed by atoms with Crippen LogP contribution >= 0.6 is 0 Å². The van der Waals surface area contributed by atoms with E-state index in [4.69, 9.17) is 0 Å². The number of likely N-dealkylation sites (N-methyl/N-ethyl adjacent to an activating group) is 1. The number of aromatic nitrogens is 6. The lowest BCUT2D eigenvalue weighted by atomic mass is 9.87. The number of nitrogens with zero attached hydrogens (tertiary/aromatic N) is 8. The molecule has 7 aromatic rings. The third-order valence-corrected chi connectivity index (χ3v) is 21.4. The Bertz CT molecular complexity index is 3460. The predicted molar refractivity (Wildman–Crippen MR) is 379 cm³/mol. The minimum absolute atomic E-state index is 0.00580. The minimum Gasteiger partial charge on any atom is -0.344 e. The summed E-state index contributed by atoms with van der Waals surface area (Å²) in [5, 5.41) is 34.5. The number of hydrogen-bond donors (Lipinski definition) is 5. The number of fused-ring (bicyclic) bond motifs is 2. The number of carbonyl (C=O) groups is 6. The highest BCUT2D eigenvalue weighted by Crippen LogP contribution is 2.39. The summed E-state index contributed by atoms with van der Waals surface area (Å²) in [6.07, 6.45) is 18.7. The molecule has 5 N–H and O–H groups in total. The van der Waals surface area contributed by atoms with Crippen molar-refractivity contribution in [3.05, 3.63) is 203 Å². The molecule has 19 nitrogen and oxygen atoms in total. The van der Waals surface area contributed by atoms with Crippen LogP contribution in [0.15, 0.2) is 158 Å². The van der Waals surface area contributed by atoms with Gasteiger partial charge in [0.05, 0.1) is 30.0 Å². The molecule has 19 heteroatoms. The molecule has 0 unspecified atom stereocenters. The first kappa shape index (κ1) is 70.6. The Kier molecular flexibility index (Phi) is 25.0. The van der Waals surface area contributed by atoms with Gasteiger partial charge in [-0.1, -0.05) is 170 Å². The third-order valence-electron chi connectivity index (χ3n) is 21.4. The molecule has 0 aliphatic carbocycles. The van der Waals surface area contributed by atoms with E-state index < -0.39 is 36.3 Å². The van der Waals surface area contributed by atoms with E-state index in [1.165, 1.54) is 16.7 Å². The number of unbranched alkanes of at least 4 members (excludes halogenated alkanes) is 2. The molecule has 518 valence electrons. The van der Waals surface area contributed by atoms with E-state index in [9.17, 15) is 28.8 Å². The SMILES string of the molecule is CC[C@@H](C)C(=O)N[C@@H]1C(=O)N2[C@@H](CC[C@@H]1CCCc1ccccc1)CC[C@H]2C(=O)C[C@@H](c1ccccc1)c1cn(CCCCc2ccc(CCCCn3cc([C@@H](NC(=O)[C@@H]4CC[C@@H]5CC[C@H](CNCc6ccccc6)[C@H](NC(=O)[C@H](C)NC)C(=O)N54)c4ccccc4)nn3)cc2)nn1. The Morgan fingerprint density at radius 1 is 0.531 bits per heavy atom. The summed E-state index contributed by atoms with van der Waals surface area (Å²) >= 11 is 0. The molecule has 5 amide bonds. The normalized spacial score (nSPS) is 22.0. The molecular formula is C79H101N13O6. The predicted octanol–water partition coefficient (Wildman–Crippen LogP) is 10.2. The number of rotatable bonds is 33. The molecule has 0 spiro atoms. The first-order chi connectivity index (χ1) is 47.8. The van der Waals surface area contributed by atoms with Gasteiger partial charge in [0.2, 0.25) is 29.5 Å². The summed E-state index contributed by atoms with van der Waals surface area (Å²) in [6.45, 7) is 8.20. The van der Waals surface area contributed by atoms with Crippen molar-refractivity contribution in [1.82, 2.24) is 66.4 Å². The maximum absolute atomic E-state index is 14.9. The Morgan fingerprint density at radius 3 is 1.62 bits per heavy atom. The van der Waals surface area contributed by atoms with Gasteiger partial charge in [-0.3, -0.25) is 38.1 Å². The Morgan fingerprint density at radius 2 is 1.02 bits per heavy atom. The van der Waals surface area contributed by atoms with Crippen LogP contribution in [0.4, 0.5) is 0 Å². The van der Waals surface area contributed by atoms with Crippen molar-refractivity contribution in [2.45, 2.75) is 217 Å². The van der Waals surface area contributed by atoms with E-state index in [0.717, 1.165) is 112 Å². The summed E-state index contributed by atoms with van der Waals surface area (Å²) in [4.78, 5) is 89.7. The fraction of sp³-hybridized carbons (Fsp3) is 0.494. The largest absolute Gasteiger partial charge is 0.344 e. The second kappa shape index (κ2) is 34.7. The molecule has 4 aliphatic heterocycles. The number of amides is 5. The van der Waals surface area contributed by atoms with E-state index in [1.54, 1.807) is 18.9 Å². The second-order valence-corrected chi connectivity index (χ2v) is 28.0. The molecule has 4 saturated heterocycles. The molecule has 0 radical (unpaired) electrons. The van der Waals surface area contributed by atoms with E-state index in [2.05, 4.69) is 108 Å². The molecule has 98 heavy (non-hydrogen) atoms. The Balaban J connectivity index is 0.646. The summed E-state index contributed by atoms with van der Waals surface area (Å²) in [5.41, 5.74) is 8.15. The van der Waals surface area contributed by atoms with Gasteiger partial charge in [0.1, 0.15) is 23.8 Å². The topological polar surface area (TPSA) is 230 Å². The summed E-state index contributed by atoms with van der Waals surface area (Å²) in [7, 11) is 1.72.